The van der Waals surface area contributed by atoms with Gasteiger partial charge in [-0.1, -0.05) is 13.8 Å². The molecular weight excluding hydrogens is 232 g/mol. The number of nitrogens with one attached hydrogen (secondary N) is 1. The Balaban J connectivity index is 2.17. The fraction of sp³-hybridized carbons (Fsp3) is 0.769. The summed E-state index contributed by atoms with van der Waals surface area (Å²) in [7, 11) is 1.77. The molecule has 1 aromatic rings. The van der Waals surface area contributed by atoms with Crippen molar-refractivity contribution < 1.29 is 4.74 Å². The van der Waals surface area contributed by atoms with Gasteiger partial charge in [0.25, 0.3) is 0 Å². The lowest BCUT2D eigenvalue weighted by atomic mass is 10.2. The third-order valence-electron chi connectivity index (χ3n) is 3.17. The van der Waals surface area contributed by atoms with Gasteiger partial charge in [-0.2, -0.15) is 0 Å². The number of methoxy groups -OCH3 is 1. The van der Waals surface area contributed by atoms with E-state index in [4.69, 9.17) is 9.72 Å². The molecule has 0 aromatic carbocycles. The zero-order chi connectivity index (χ0) is 12.3. The summed E-state index contributed by atoms with van der Waals surface area (Å²) in [4.78, 5) is 6.24. The summed E-state index contributed by atoms with van der Waals surface area (Å²) in [5.74, 6) is 0.725. The first-order chi connectivity index (χ1) is 8.30. The SMILES string of the molecule is CCNCc1sc(C(CC)OC)nc1C1CC1. The van der Waals surface area contributed by atoms with Gasteiger partial charge in [-0.05, 0) is 25.8 Å². The highest BCUT2D eigenvalue weighted by atomic mass is 32.1. The summed E-state index contributed by atoms with van der Waals surface area (Å²) in [5.41, 5.74) is 1.33. The Labute approximate surface area is 108 Å². The molecule has 2 rings (SSSR count). The predicted octanol–water partition coefficient (Wildman–Crippen LogP) is 3.23. The van der Waals surface area contributed by atoms with Crippen molar-refractivity contribution in [1.29, 1.82) is 0 Å². The molecule has 0 amide bonds. The van der Waals surface area contributed by atoms with Crippen LogP contribution in [0, 0.1) is 0 Å². The number of aromatic nitrogens is 1. The van der Waals surface area contributed by atoms with Gasteiger partial charge in [0.15, 0.2) is 0 Å². The monoisotopic (exact) mass is 254 g/mol. The Morgan fingerprint density at radius 2 is 2.24 bits per heavy atom. The minimum Gasteiger partial charge on any atom is -0.374 e. The normalized spacial score (nSPS) is 17.4. The number of ether oxygens (including phenoxy) is 1. The second-order valence-corrected chi connectivity index (χ2v) is 5.66. The van der Waals surface area contributed by atoms with E-state index in [0.29, 0.717) is 0 Å². The van der Waals surface area contributed by atoms with E-state index in [9.17, 15) is 0 Å². The fourth-order valence-corrected chi connectivity index (χ4v) is 3.29. The molecule has 0 spiro atoms. The van der Waals surface area contributed by atoms with Crippen LogP contribution in [0.2, 0.25) is 0 Å². The first-order valence-electron chi connectivity index (χ1n) is 6.53. The largest absolute Gasteiger partial charge is 0.374 e. The summed E-state index contributed by atoms with van der Waals surface area (Å²) in [5, 5.41) is 4.56. The van der Waals surface area contributed by atoms with Gasteiger partial charge in [0.1, 0.15) is 11.1 Å². The number of nitrogens with zero attached hydrogens (tertiary/aromatic N) is 1. The summed E-state index contributed by atoms with van der Waals surface area (Å²) in [6.07, 6.45) is 3.79. The van der Waals surface area contributed by atoms with Crippen molar-refractivity contribution in [3.63, 3.8) is 0 Å². The van der Waals surface area contributed by atoms with E-state index in [1.54, 1.807) is 7.11 Å². The Morgan fingerprint density at radius 3 is 2.76 bits per heavy atom. The molecule has 1 aliphatic carbocycles. The topological polar surface area (TPSA) is 34.1 Å². The van der Waals surface area contributed by atoms with E-state index < -0.39 is 0 Å². The molecule has 0 aliphatic heterocycles. The van der Waals surface area contributed by atoms with Gasteiger partial charge in [0.05, 0.1) is 5.69 Å². The fourth-order valence-electron chi connectivity index (χ4n) is 2.00. The number of rotatable bonds is 7. The van der Waals surface area contributed by atoms with Gasteiger partial charge in [0.2, 0.25) is 0 Å². The van der Waals surface area contributed by atoms with Crippen molar-refractivity contribution in [2.45, 2.75) is 51.7 Å². The van der Waals surface area contributed by atoms with Crippen molar-refractivity contribution in [3.8, 4) is 0 Å². The maximum atomic E-state index is 5.49. The zero-order valence-electron chi connectivity index (χ0n) is 11.0. The Hall–Kier alpha value is -0.450. The van der Waals surface area contributed by atoms with Crippen LogP contribution < -0.4 is 5.32 Å². The molecule has 0 radical (unpaired) electrons. The van der Waals surface area contributed by atoms with Crippen LogP contribution in [0.3, 0.4) is 0 Å². The van der Waals surface area contributed by atoms with Crippen LogP contribution in [0.4, 0.5) is 0 Å². The van der Waals surface area contributed by atoms with Crippen LogP contribution >= 0.6 is 11.3 Å². The highest BCUT2D eigenvalue weighted by Gasteiger charge is 2.30. The smallest absolute Gasteiger partial charge is 0.122 e. The Bertz CT molecular complexity index is 356. The lowest BCUT2D eigenvalue weighted by Gasteiger charge is -2.08. The minimum absolute atomic E-state index is 0.174. The molecule has 0 bridgehead atoms. The van der Waals surface area contributed by atoms with Crippen molar-refractivity contribution >= 4 is 11.3 Å². The zero-order valence-corrected chi connectivity index (χ0v) is 11.8. The highest BCUT2D eigenvalue weighted by Crippen LogP contribution is 2.43. The molecule has 1 atom stereocenters. The van der Waals surface area contributed by atoms with Crippen molar-refractivity contribution in [2.75, 3.05) is 13.7 Å². The highest BCUT2D eigenvalue weighted by molar-refractivity contribution is 7.11. The van der Waals surface area contributed by atoms with E-state index in [0.717, 1.165) is 30.4 Å². The molecule has 1 unspecified atom stereocenters. The van der Waals surface area contributed by atoms with Gasteiger partial charge in [-0.3, -0.25) is 0 Å². The summed E-state index contributed by atoms with van der Waals surface area (Å²) < 4.78 is 5.49. The Morgan fingerprint density at radius 1 is 1.47 bits per heavy atom. The number of hydrogen-bond acceptors (Lipinski definition) is 4. The minimum atomic E-state index is 0.174. The molecule has 1 aliphatic rings. The van der Waals surface area contributed by atoms with Crippen molar-refractivity contribution in [2.24, 2.45) is 0 Å². The van der Waals surface area contributed by atoms with Gasteiger partial charge in [0, 0.05) is 24.4 Å². The molecule has 17 heavy (non-hydrogen) atoms. The van der Waals surface area contributed by atoms with Crippen molar-refractivity contribution in [3.05, 3.63) is 15.6 Å². The summed E-state index contributed by atoms with van der Waals surface area (Å²) in [6.45, 7) is 6.26. The second-order valence-electron chi connectivity index (χ2n) is 4.55. The van der Waals surface area contributed by atoms with Crippen LogP contribution in [0.5, 0.6) is 0 Å². The average molecular weight is 254 g/mol. The predicted molar refractivity (Wildman–Crippen MR) is 71.5 cm³/mol. The van der Waals surface area contributed by atoms with Crippen LogP contribution in [-0.4, -0.2) is 18.6 Å². The first kappa shape index (κ1) is 13.0. The molecule has 3 nitrogen and oxygen atoms in total. The quantitative estimate of drug-likeness (QED) is 0.811. The van der Waals surface area contributed by atoms with Gasteiger partial charge < -0.3 is 10.1 Å². The number of thiazole rings is 1. The maximum absolute atomic E-state index is 5.49. The lowest BCUT2D eigenvalue weighted by Crippen LogP contribution is -2.11. The Kier molecular flexibility index (Phi) is 4.54. The van der Waals surface area contributed by atoms with Crippen LogP contribution in [0.15, 0.2) is 0 Å². The summed E-state index contributed by atoms with van der Waals surface area (Å²) >= 11 is 1.83. The van der Waals surface area contributed by atoms with Crippen LogP contribution in [0.1, 0.15) is 60.7 Å². The molecule has 4 heteroatoms. The van der Waals surface area contributed by atoms with Crippen molar-refractivity contribution in [1.82, 2.24) is 10.3 Å². The van der Waals surface area contributed by atoms with Crippen LogP contribution in [-0.2, 0) is 11.3 Å². The van der Waals surface area contributed by atoms with Gasteiger partial charge >= 0.3 is 0 Å². The number of hydrogen-bond donors (Lipinski definition) is 1. The van der Waals surface area contributed by atoms with E-state index in [-0.39, 0.29) is 6.10 Å². The standard InChI is InChI=1S/C13H22N2OS/c1-4-10(16-3)13-15-12(9-6-7-9)11(17-13)8-14-5-2/h9-10,14H,4-8H2,1-3H3. The maximum Gasteiger partial charge on any atom is 0.122 e. The van der Waals surface area contributed by atoms with E-state index in [2.05, 4.69) is 19.2 Å². The molecule has 1 aromatic heterocycles. The van der Waals surface area contributed by atoms with E-state index in [1.807, 2.05) is 11.3 Å². The first-order valence-corrected chi connectivity index (χ1v) is 7.34. The van der Waals surface area contributed by atoms with E-state index >= 15 is 0 Å². The molecule has 1 heterocycles. The average Bonchev–Trinajstić information content (AvgIpc) is 3.10. The van der Waals surface area contributed by atoms with Gasteiger partial charge in [-0.15, -0.1) is 11.3 Å². The van der Waals surface area contributed by atoms with Crippen LogP contribution in [0.25, 0.3) is 0 Å². The molecule has 1 N–H and O–H groups in total. The molecule has 1 saturated carbocycles. The molecule has 0 saturated heterocycles. The molecule has 1 fully saturated rings. The molecule has 96 valence electrons. The lowest BCUT2D eigenvalue weighted by molar-refractivity contribution is 0.0996. The summed E-state index contributed by atoms with van der Waals surface area (Å²) in [6, 6.07) is 0. The second kappa shape index (κ2) is 5.94. The van der Waals surface area contributed by atoms with E-state index in [1.165, 1.54) is 23.4 Å². The third-order valence-corrected chi connectivity index (χ3v) is 4.34. The van der Waals surface area contributed by atoms with Gasteiger partial charge in [-0.25, -0.2) is 4.98 Å². The third kappa shape index (κ3) is 3.06. The molecular formula is C13H22N2OS.